The Hall–Kier alpha value is -1.65. The summed E-state index contributed by atoms with van der Waals surface area (Å²) in [5, 5.41) is 0. The second-order valence-corrected chi connectivity index (χ2v) is 5.26. The normalized spacial score (nSPS) is 17.4. The van der Waals surface area contributed by atoms with Crippen LogP contribution in [-0.4, -0.2) is 36.0 Å². The third-order valence-corrected chi connectivity index (χ3v) is 3.74. The number of halogens is 1. The van der Waals surface area contributed by atoms with Crippen LogP contribution in [0.3, 0.4) is 0 Å². The van der Waals surface area contributed by atoms with Gasteiger partial charge in [0, 0.05) is 32.7 Å². The van der Waals surface area contributed by atoms with Crippen molar-refractivity contribution in [1.29, 1.82) is 0 Å². The first-order valence-electron chi connectivity index (χ1n) is 7.01. The van der Waals surface area contributed by atoms with Crippen LogP contribution in [0.5, 0.6) is 0 Å². The lowest BCUT2D eigenvalue weighted by Gasteiger charge is -2.34. The lowest BCUT2D eigenvalue weighted by Crippen LogP contribution is -2.45. The molecular weight excluding hydrogens is 255 g/mol. The zero-order valence-electron chi connectivity index (χ0n) is 11.5. The molecule has 1 aromatic carbocycles. The lowest BCUT2D eigenvalue weighted by atomic mass is 10.2. The molecule has 0 aliphatic carbocycles. The minimum Gasteiger partial charge on any atom is -0.468 e. The second-order valence-electron chi connectivity index (χ2n) is 5.26. The first-order chi connectivity index (χ1) is 9.79. The number of hydrogen-bond acceptors (Lipinski definition) is 3. The molecule has 4 heteroatoms. The number of benzene rings is 1. The van der Waals surface area contributed by atoms with E-state index in [4.69, 9.17) is 4.42 Å². The van der Waals surface area contributed by atoms with Crippen LogP contribution in [0.4, 0.5) is 4.39 Å². The van der Waals surface area contributed by atoms with Gasteiger partial charge < -0.3 is 4.42 Å². The van der Waals surface area contributed by atoms with Crippen molar-refractivity contribution in [2.45, 2.75) is 13.1 Å². The van der Waals surface area contributed by atoms with Crippen LogP contribution in [0.1, 0.15) is 11.3 Å². The Morgan fingerprint density at radius 1 is 0.900 bits per heavy atom. The first kappa shape index (κ1) is 13.3. The highest BCUT2D eigenvalue weighted by molar-refractivity contribution is 5.16. The Balaban J connectivity index is 1.47. The van der Waals surface area contributed by atoms with E-state index < -0.39 is 0 Å². The molecule has 106 valence electrons. The summed E-state index contributed by atoms with van der Waals surface area (Å²) < 4.78 is 18.2. The fourth-order valence-corrected chi connectivity index (χ4v) is 2.58. The molecule has 0 spiro atoms. The van der Waals surface area contributed by atoms with E-state index in [9.17, 15) is 4.39 Å². The van der Waals surface area contributed by atoms with Crippen molar-refractivity contribution >= 4 is 0 Å². The second kappa shape index (κ2) is 6.20. The molecule has 0 radical (unpaired) electrons. The Morgan fingerprint density at radius 2 is 1.55 bits per heavy atom. The molecule has 1 aromatic heterocycles. The highest BCUT2D eigenvalue weighted by Crippen LogP contribution is 2.12. The zero-order chi connectivity index (χ0) is 13.8. The molecule has 3 nitrogen and oxygen atoms in total. The fraction of sp³-hybridized carbons (Fsp3) is 0.375. The minimum absolute atomic E-state index is 0.169. The minimum atomic E-state index is -0.169. The van der Waals surface area contributed by atoms with Gasteiger partial charge in [0.1, 0.15) is 11.6 Å². The Bertz CT molecular complexity index is 516. The molecule has 0 bridgehead atoms. The standard InChI is InChI=1S/C16H19FN2O/c17-15-5-3-14(4-6-15)12-18-7-9-19(10-8-18)13-16-2-1-11-20-16/h1-6,11H,7-10,12-13H2. The van der Waals surface area contributed by atoms with Crippen LogP contribution in [0.15, 0.2) is 47.1 Å². The zero-order valence-corrected chi connectivity index (χ0v) is 11.5. The van der Waals surface area contributed by atoms with E-state index in [2.05, 4.69) is 9.80 Å². The summed E-state index contributed by atoms with van der Waals surface area (Å²) in [5.74, 6) is 0.856. The summed E-state index contributed by atoms with van der Waals surface area (Å²) in [4.78, 5) is 4.81. The van der Waals surface area contributed by atoms with Gasteiger partial charge in [0.15, 0.2) is 0 Å². The van der Waals surface area contributed by atoms with Gasteiger partial charge in [0.05, 0.1) is 12.8 Å². The van der Waals surface area contributed by atoms with Crippen molar-refractivity contribution in [3.63, 3.8) is 0 Å². The van der Waals surface area contributed by atoms with Crippen molar-refractivity contribution in [3.05, 3.63) is 59.8 Å². The van der Waals surface area contributed by atoms with Crippen molar-refractivity contribution in [2.24, 2.45) is 0 Å². The molecule has 0 N–H and O–H groups in total. The molecule has 1 aliphatic heterocycles. The number of nitrogens with zero attached hydrogens (tertiary/aromatic N) is 2. The molecule has 0 amide bonds. The number of furan rings is 1. The molecule has 1 saturated heterocycles. The average molecular weight is 274 g/mol. The van der Waals surface area contributed by atoms with Gasteiger partial charge in [-0.25, -0.2) is 4.39 Å². The summed E-state index contributed by atoms with van der Waals surface area (Å²) in [6.45, 7) is 5.95. The maximum atomic E-state index is 12.9. The Morgan fingerprint density at radius 3 is 2.15 bits per heavy atom. The van der Waals surface area contributed by atoms with Gasteiger partial charge in [0.2, 0.25) is 0 Å². The molecule has 3 rings (SSSR count). The van der Waals surface area contributed by atoms with Crippen molar-refractivity contribution in [2.75, 3.05) is 26.2 Å². The first-order valence-corrected chi connectivity index (χ1v) is 7.01. The molecule has 0 unspecified atom stereocenters. The predicted octanol–water partition coefficient (Wildman–Crippen LogP) is 2.74. The smallest absolute Gasteiger partial charge is 0.123 e. The Labute approximate surface area is 118 Å². The van der Waals surface area contributed by atoms with Gasteiger partial charge in [-0.1, -0.05) is 12.1 Å². The molecule has 20 heavy (non-hydrogen) atoms. The summed E-state index contributed by atoms with van der Waals surface area (Å²) in [7, 11) is 0. The van der Waals surface area contributed by atoms with Crippen LogP contribution in [-0.2, 0) is 13.1 Å². The van der Waals surface area contributed by atoms with E-state index in [-0.39, 0.29) is 5.82 Å². The monoisotopic (exact) mass is 274 g/mol. The van der Waals surface area contributed by atoms with Gasteiger partial charge in [-0.2, -0.15) is 0 Å². The highest BCUT2D eigenvalue weighted by Gasteiger charge is 2.17. The third-order valence-electron chi connectivity index (χ3n) is 3.74. The quantitative estimate of drug-likeness (QED) is 0.854. The van der Waals surface area contributed by atoms with Crippen molar-refractivity contribution in [1.82, 2.24) is 9.80 Å². The van der Waals surface area contributed by atoms with Gasteiger partial charge in [-0.15, -0.1) is 0 Å². The summed E-state index contributed by atoms with van der Waals surface area (Å²) in [6, 6.07) is 10.7. The average Bonchev–Trinajstić information content (AvgIpc) is 2.96. The van der Waals surface area contributed by atoms with Crippen LogP contribution in [0, 0.1) is 5.82 Å². The molecule has 1 aliphatic rings. The Kier molecular flexibility index (Phi) is 4.14. The van der Waals surface area contributed by atoms with Crippen LogP contribution >= 0.6 is 0 Å². The topological polar surface area (TPSA) is 19.6 Å². The molecule has 0 atom stereocenters. The van der Waals surface area contributed by atoms with E-state index in [1.54, 1.807) is 6.26 Å². The SMILES string of the molecule is Fc1ccc(CN2CCN(Cc3ccco3)CC2)cc1. The van der Waals surface area contributed by atoms with E-state index in [0.29, 0.717) is 0 Å². The molecule has 1 fully saturated rings. The maximum absolute atomic E-state index is 12.9. The fourth-order valence-electron chi connectivity index (χ4n) is 2.58. The van der Waals surface area contributed by atoms with E-state index in [0.717, 1.165) is 45.0 Å². The lowest BCUT2D eigenvalue weighted by molar-refractivity contribution is 0.116. The van der Waals surface area contributed by atoms with Crippen molar-refractivity contribution in [3.8, 4) is 0 Å². The number of rotatable bonds is 4. The van der Waals surface area contributed by atoms with Gasteiger partial charge in [-0.3, -0.25) is 9.80 Å². The van der Waals surface area contributed by atoms with Crippen LogP contribution in [0.25, 0.3) is 0 Å². The van der Waals surface area contributed by atoms with E-state index >= 15 is 0 Å². The van der Waals surface area contributed by atoms with Gasteiger partial charge >= 0.3 is 0 Å². The van der Waals surface area contributed by atoms with Crippen LogP contribution in [0.2, 0.25) is 0 Å². The van der Waals surface area contributed by atoms with Crippen molar-refractivity contribution < 1.29 is 8.81 Å². The molecular formula is C16H19FN2O. The van der Waals surface area contributed by atoms with Gasteiger partial charge in [0.25, 0.3) is 0 Å². The largest absolute Gasteiger partial charge is 0.468 e. The summed E-state index contributed by atoms with van der Waals surface area (Å²) >= 11 is 0. The predicted molar refractivity (Wildman–Crippen MR) is 75.7 cm³/mol. The summed E-state index contributed by atoms with van der Waals surface area (Å²) in [6.07, 6.45) is 1.72. The maximum Gasteiger partial charge on any atom is 0.123 e. The molecule has 2 aromatic rings. The number of piperazine rings is 1. The van der Waals surface area contributed by atoms with Gasteiger partial charge in [-0.05, 0) is 29.8 Å². The summed E-state index contributed by atoms with van der Waals surface area (Å²) in [5.41, 5.74) is 1.17. The van der Waals surface area contributed by atoms with E-state index in [1.165, 1.54) is 17.7 Å². The van der Waals surface area contributed by atoms with E-state index in [1.807, 2.05) is 24.3 Å². The van der Waals surface area contributed by atoms with Crippen LogP contribution < -0.4 is 0 Å². The molecule has 0 saturated carbocycles. The third kappa shape index (κ3) is 3.46. The molecule has 2 heterocycles. The highest BCUT2D eigenvalue weighted by atomic mass is 19.1. The number of hydrogen-bond donors (Lipinski definition) is 0.